The van der Waals surface area contributed by atoms with E-state index in [-0.39, 0.29) is 50.6 Å². The third-order valence-electron chi connectivity index (χ3n) is 25.4. The number of carboxylic acids is 2. The van der Waals surface area contributed by atoms with Crippen LogP contribution in [0.1, 0.15) is 619 Å². The van der Waals surface area contributed by atoms with Gasteiger partial charge in [0.1, 0.15) is 0 Å². The molecule has 0 saturated heterocycles. The Bertz CT molecular complexity index is 1450. The molecule has 0 rings (SSSR count). The second-order valence-corrected chi connectivity index (χ2v) is 36.6. The topological polar surface area (TPSA) is 86.7 Å². The summed E-state index contributed by atoms with van der Waals surface area (Å²) < 4.78 is 0. The van der Waals surface area contributed by atoms with Crippen LogP contribution in [0.15, 0.2) is 0 Å². The summed E-state index contributed by atoms with van der Waals surface area (Å²) in [6, 6.07) is 0.962. The van der Waals surface area contributed by atoms with Crippen LogP contribution >= 0.6 is 0 Å². The summed E-state index contributed by atoms with van der Waals surface area (Å²) in [6.45, 7) is 18.6. The van der Waals surface area contributed by atoms with E-state index in [4.69, 9.17) is 0 Å². The average molecular weight is 1590 g/mol. The Morgan fingerprint density at radius 2 is 0.279 bits per heavy atom. The van der Waals surface area contributed by atoms with Gasteiger partial charge < -0.3 is 29.6 Å². The van der Waals surface area contributed by atoms with Crippen molar-refractivity contribution in [2.24, 2.45) is 0 Å². The number of rotatable bonds is 98. The van der Waals surface area contributed by atoms with Crippen LogP contribution in [0.4, 0.5) is 0 Å². The Balaban J connectivity index is -0.00000208. The van der Waals surface area contributed by atoms with Gasteiger partial charge in [0, 0.05) is 24.0 Å². The van der Waals surface area contributed by atoms with Crippen LogP contribution in [0.25, 0.3) is 0 Å². The van der Waals surface area contributed by atoms with Crippen LogP contribution in [0.3, 0.4) is 0 Å². The van der Waals surface area contributed by atoms with Gasteiger partial charge in [0.05, 0.1) is 0 Å². The first-order chi connectivity index (χ1) is 54.2. The smallest absolute Gasteiger partial charge is 0.550 e. The first-order valence-electron chi connectivity index (χ1n) is 52.1. The Morgan fingerprint density at radius 1 is 0.180 bits per heavy atom. The van der Waals surface area contributed by atoms with E-state index in [1.165, 1.54) is 566 Å². The van der Waals surface area contributed by atoms with E-state index in [0.29, 0.717) is 12.1 Å². The zero-order valence-electron chi connectivity index (χ0n) is 77.9. The molecule has 0 aliphatic heterocycles. The molecule has 0 saturated carbocycles. The normalized spacial score (nSPS) is 12.2. The van der Waals surface area contributed by atoms with Gasteiger partial charge in [0.2, 0.25) is 0 Å². The SMILES string of the molecule is CCCCCCCCCCCCCCCCCCCCCCCN(CCCCCCCCCCCCCCCCCCCCCCC)C(C)CCCC(=O)[O-].CCCCCCCCCCCCCCCCCCCCCCCN(CCCCCCCCCCCCCCCCCCCCCCC)C(C)CCCC(=O)[O-].[Ca+2]. The summed E-state index contributed by atoms with van der Waals surface area (Å²) in [5.74, 6) is -1.79. The second-order valence-electron chi connectivity index (χ2n) is 36.6. The van der Waals surface area contributed by atoms with Crippen LogP contribution in [0.2, 0.25) is 0 Å². The van der Waals surface area contributed by atoms with E-state index in [2.05, 4.69) is 51.3 Å². The van der Waals surface area contributed by atoms with Crippen LogP contribution in [-0.2, 0) is 9.59 Å². The maximum Gasteiger partial charge on any atom is 2.00 e. The van der Waals surface area contributed by atoms with Gasteiger partial charge in [-0.2, -0.15) is 0 Å². The van der Waals surface area contributed by atoms with Crippen LogP contribution in [0, 0.1) is 0 Å². The fraction of sp³-hybridized carbons (Fsp3) is 0.981. The van der Waals surface area contributed by atoms with Crippen LogP contribution in [-0.4, -0.2) is 97.7 Å². The van der Waals surface area contributed by atoms with Crippen molar-refractivity contribution in [3.63, 3.8) is 0 Å². The molecule has 0 aliphatic rings. The van der Waals surface area contributed by atoms with Crippen molar-refractivity contribution >= 4 is 49.7 Å². The molecule has 2 atom stereocenters. The molecule has 0 aliphatic carbocycles. The molecule has 0 aromatic heterocycles. The standard InChI is InChI=1S/2C52H105NO2.Ca/c2*1-4-6-8-10-12-14-16-18-20-22-24-26-28-30-32-34-36-38-40-42-44-49-53(51(3)47-46-48-52(54)55)50-45-43-41-39-37-35-33-31-29-27-25-23-21-19-17-15-13-11-9-7-5-2;/h2*51H,4-50H2,1-3H3,(H,54,55);/q;;+2/p-2. The minimum atomic E-state index is -0.896. The predicted octanol–water partition coefficient (Wildman–Crippen LogP) is 33.7. The Labute approximate surface area is 731 Å². The summed E-state index contributed by atoms with van der Waals surface area (Å²) >= 11 is 0. The van der Waals surface area contributed by atoms with E-state index in [9.17, 15) is 19.8 Å². The summed E-state index contributed by atoms with van der Waals surface area (Å²) in [5, 5.41) is 21.9. The number of hydrogen-bond acceptors (Lipinski definition) is 6. The molecule has 0 radical (unpaired) electrons. The van der Waals surface area contributed by atoms with E-state index in [1.54, 1.807) is 0 Å². The molecule has 0 spiro atoms. The predicted molar refractivity (Wildman–Crippen MR) is 496 cm³/mol. The quantitative estimate of drug-likeness (QED) is 0.0445. The molecule has 0 aromatic carbocycles. The largest absolute Gasteiger partial charge is 2.00 e. The monoisotopic (exact) mass is 1590 g/mol. The van der Waals surface area contributed by atoms with Crippen molar-refractivity contribution in [2.75, 3.05) is 26.2 Å². The first-order valence-corrected chi connectivity index (χ1v) is 52.1. The van der Waals surface area contributed by atoms with Crippen molar-refractivity contribution in [3.05, 3.63) is 0 Å². The van der Waals surface area contributed by atoms with E-state index >= 15 is 0 Å². The minimum absolute atomic E-state index is 0. The van der Waals surface area contributed by atoms with Crippen molar-refractivity contribution in [3.8, 4) is 0 Å². The van der Waals surface area contributed by atoms with Gasteiger partial charge in [-0.05, 0) is 104 Å². The number of carboxylic acid groups (broad SMARTS) is 2. The summed E-state index contributed by atoms with van der Waals surface area (Å²) in [4.78, 5) is 27.3. The molecule has 0 N–H and O–H groups in total. The van der Waals surface area contributed by atoms with Crippen molar-refractivity contribution in [1.82, 2.24) is 9.80 Å². The van der Waals surface area contributed by atoms with Crippen LogP contribution in [0.5, 0.6) is 0 Å². The van der Waals surface area contributed by atoms with E-state index in [1.807, 2.05) is 0 Å². The molecule has 0 fully saturated rings. The molecule has 111 heavy (non-hydrogen) atoms. The summed E-state index contributed by atoms with van der Waals surface area (Å²) in [6.07, 6.45) is 124. The van der Waals surface area contributed by atoms with Crippen LogP contribution < -0.4 is 10.2 Å². The average Bonchev–Trinajstić information content (AvgIpc) is 0.948. The third-order valence-corrected chi connectivity index (χ3v) is 25.4. The van der Waals surface area contributed by atoms with Gasteiger partial charge in [0.15, 0.2) is 0 Å². The molecular formula is C104H208CaN2O4. The fourth-order valence-corrected chi connectivity index (χ4v) is 17.5. The number of carbonyl (C=O) groups is 2. The zero-order valence-corrected chi connectivity index (χ0v) is 80.1. The number of carbonyl (C=O) groups excluding carboxylic acids is 2. The number of unbranched alkanes of at least 4 members (excludes halogenated alkanes) is 80. The fourth-order valence-electron chi connectivity index (χ4n) is 17.5. The number of nitrogens with zero attached hydrogens (tertiary/aromatic N) is 2. The third kappa shape index (κ3) is 102. The molecule has 0 bridgehead atoms. The molecule has 2 unspecified atom stereocenters. The number of aliphatic carboxylic acids is 2. The first kappa shape index (κ1) is 115. The molecule has 7 heteroatoms. The van der Waals surface area contributed by atoms with Gasteiger partial charge in [-0.3, -0.25) is 0 Å². The zero-order chi connectivity index (χ0) is 79.9. The molecule has 0 amide bonds. The molecule has 0 aromatic rings. The molecule has 6 nitrogen and oxygen atoms in total. The Hall–Kier alpha value is 0.120. The summed E-state index contributed by atoms with van der Waals surface area (Å²) in [7, 11) is 0. The minimum Gasteiger partial charge on any atom is -0.550 e. The van der Waals surface area contributed by atoms with E-state index in [0.717, 1.165) is 25.7 Å². The Kier molecular flexibility index (Phi) is 108. The van der Waals surface area contributed by atoms with Crippen molar-refractivity contribution in [1.29, 1.82) is 0 Å². The van der Waals surface area contributed by atoms with Gasteiger partial charge >= 0.3 is 37.7 Å². The van der Waals surface area contributed by atoms with Gasteiger partial charge in [0.25, 0.3) is 0 Å². The van der Waals surface area contributed by atoms with Crippen molar-refractivity contribution < 1.29 is 19.8 Å². The van der Waals surface area contributed by atoms with Gasteiger partial charge in [-0.15, -0.1) is 0 Å². The molecule has 660 valence electrons. The second kappa shape index (κ2) is 104. The summed E-state index contributed by atoms with van der Waals surface area (Å²) in [5.41, 5.74) is 0. The van der Waals surface area contributed by atoms with Crippen molar-refractivity contribution in [2.45, 2.75) is 632 Å². The maximum absolute atomic E-state index is 11.0. The molecular weight excluding hydrogens is 1380 g/mol. The van der Waals surface area contributed by atoms with E-state index < -0.39 is 11.9 Å². The number of hydrogen-bond donors (Lipinski definition) is 0. The van der Waals surface area contributed by atoms with Gasteiger partial charge in [-0.1, -0.05) is 541 Å². The maximum atomic E-state index is 11.0. The Morgan fingerprint density at radius 3 is 0.378 bits per heavy atom. The molecule has 0 heterocycles. The van der Waals surface area contributed by atoms with Gasteiger partial charge in [-0.25, -0.2) is 0 Å².